The molecule has 2 rings (SSSR count). The van der Waals surface area contributed by atoms with Crippen molar-refractivity contribution < 1.29 is 12.8 Å². The van der Waals surface area contributed by atoms with Gasteiger partial charge in [0.1, 0.15) is 5.82 Å². The van der Waals surface area contributed by atoms with Crippen molar-refractivity contribution in [2.24, 2.45) is 11.8 Å². The van der Waals surface area contributed by atoms with Crippen LogP contribution in [-0.2, 0) is 10.0 Å². The zero-order valence-electron chi connectivity index (χ0n) is 12.3. The van der Waals surface area contributed by atoms with E-state index >= 15 is 0 Å². The maximum Gasteiger partial charge on any atom is 0.240 e. The van der Waals surface area contributed by atoms with Crippen LogP contribution in [0.4, 0.5) is 4.39 Å². The van der Waals surface area contributed by atoms with Crippen molar-refractivity contribution in [2.75, 3.05) is 0 Å². The summed E-state index contributed by atoms with van der Waals surface area (Å²) < 4.78 is 41.5. The van der Waals surface area contributed by atoms with Gasteiger partial charge in [0.2, 0.25) is 10.0 Å². The second-order valence-corrected chi connectivity index (χ2v) is 8.56. The molecule has 1 aliphatic rings. The molecule has 0 aliphatic heterocycles. The fourth-order valence-corrected chi connectivity index (χ4v) is 4.59. The summed E-state index contributed by atoms with van der Waals surface area (Å²) in [7, 11) is -3.68. The minimum atomic E-state index is -3.68. The van der Waals surface area contributed by atoms with Crippen LogP contribution in [0, 0.1) is 17.7 Å². The fraction of sp³-hybridized carbons (Fsp3) is 0.600. The molecule has 6 heteroatoms. The van der Waals surface area contributed by atoms with Crippen LogP contribution in [-0.4, -0.2) is 14.5 Å². The second-order valence-electron chi connectivity index (χ2n) is 6.00. The molecule has 2 unspecified atom stereocenters. The number of rotatable bonds is 4. The van der Waals surface area contributed by atoms with Crippen LogP contribution in [0.3, 0.4) is 0 Å². The molecule has 0 bridgehead atoms. The van der Waals surface area contributed by atoms with Gasteiger partial charge in [-0.05, 0) is 58.8 Å². The minimum absolute atomic E-state index is 0.0173. The van der Waals surface area contributed by atoms with E-state index in [9.17, 15) is 12.8 Å². The van der Waals surface area contributed by atoms with Crippen molar-refractivity contribution in [3.63, 3.8) is 0 Å². The summed E-state index contributed by atoms with van der Waals surface area (Å²) in [5.41, 5.74) is 0. The quantitative estimate of drug-likeness (QED) is 0.858. The van der Waals surface area contributed by atoms with E-state index in [0.29, 0.717) is 11.8 Å². The third-order valence-electron chi connectivity index (χ3n) is 4.18. The summed E-state index contributed by atoms with van der Waals surface area (Å²) in [5.74, 6) is 0.204. The average Bonchev–Trinajstić information content (AvgIpc) is 2.41. The van der Waals surface area contributed by atoms with E-state index in [1.807, 2.05) is 0 Å². The van der Waals surface area contributed by atoms with Gasteiger partial charge in [-0.25, -0.2) is 17.5 Å². The Kier molecular flexibility index (Phi) is 5.43. The molecule has 2 atom stereocenters. The van der Waals surface area contributed by atoms with Gasteiger partial charge in [0.25, 0.3) is 0 Å². The van der Waals surface area contributed by atoms with E-state index in [4.69, 9.17) is 0 Å². The first-order valence-corrected chi connectivity index (χ1v) is 9.56. The predicted octanol–water partition coefficient (Wildman–Crippen LogP) is 4.08. The Labute approximate surface area is 134 Å². The van der Waals surface area contributed by atoms with E-state index in [2.05, 4.69) is 34.5 Å². The Hall–Kier alpha value is -0.460. The Morgan fingerprint density at radius 3 is 2.57 bits per heavy atom. The monoisotopic (exact) mass is 377 g/mol. The first kappa shape index (κ1) is 16.9. The zero-order valence-corrected chi connectivity index (χ0v) is 14.7. The first-order valence-electron chi connectivity index (χ1n) is 7.28. The van der Waals surface area contributed by atoms with E-state index < -0.39 is 15.8 Å². The molecular formula is C15H21BrFNO2S. The number of sulfonamides is 1. The summed E-state index contributed by atoms with van der Waals surface area (Å²) in [6.07, 6.45) is 4.07. The van der Waals surface area contributed by atoms with Gasteiger partial charge < -0.3 is 0 Å². The summed E-state index contributed by atoms with van der Waals surface area (Å²) in [4.78, 5) is -0.0173. The van der Waals surface area contributed by atoms with E-state index in [1.54, 1.807) is 0 Å². The van der Waals surface area contributed by atoms with Gasteiger partial charge >= 0.3 is 0 Å². The highest BCUT2D eigenvalue weighted by atomic mass is 79.9. The van der Waals surface area contributed by atoms with Crippen molar-refractivity contribution >= 4 is 26.0 Å². The van der Waals surface area contributed by atoms with Crippen molar-refractivity contribution in [3.8, 4) is 0 Å². The summed E-state index contributed by atoms with van der Waals surface area (Å²) in [5, 5.41) is 0. The molecule has 3 nitrogen and oxygen atoms in total. The molecule has 1 saturated carbocycles. The highest BCUT2D eigenvalue weighted by molar-refractivity contribution is 9.10. The highest BCUT2D eigenvalue weighted by Crippen LogP contribution is 2.31. The fourth-order valence-electron chi connectivity index (χ4n) is 3.02. The Balaban J connectivity index is 2.21. The standard InChI is InChI=1S/C15H21BrFNO2S/c1-10(2)12-5-3-4-6-15(12)18-21(19,20)11-7-8-13(16)14(17)9-11/h7-10,12,15,18H,3-6H2,1-2H3. The van der Waals surface area contributed by atoms with Crippen molar-refractivity contribution in [2.45, 2.75) is 50.5 Å². The number of hydrogen-bond donors (Lipinski definition) is 1. The molecule has 0 heterocycles. The number of halogens is 2. The lowest BCUT2D eigenvalue weighted by molar-refractivity contribution is 0.226. The molecule has 1 aromatic rings. The molecule has 1 N–H and O–H groups in total. The van der Waals surface area contributed by atoms with Gasteiger partial charge in [0, 0.05) is 6.04 Å². The maximum atomic E-state index is 13.6. The van der Waals surface area contributed by atoms with Crippen LogP contribution in [0.15, 0.2) is 27.6 Å². The van der Waals surface area contributed by atoms with Crippen molar-refractivity contribution in [1.29, 1.82) is 0 Å². The molecular weight excluding hydrogens is 357 g/mol. The largest absolute Gasteiger partial charge is 0.240 e. The normalized spacial score (nSPS) is 23.5. The smallest absolute Gasteiger partial charge is 0.208 e. The summed E-state index contributed by atoms with van der Waals surface area (Å²) in [6, 6.07) is 3.84. The molecule has 0 amide bonds. The topological polar surface area (TPSA) is 46.2 Å². The van der Waals surface area contributed by atoms with E-state index in [1.165, 1.54) is 12.1 Å². The number of hydrogen-bond acceptors (Lipinski definition) is 2. The maximum absolute atomic E-state index is 13.6. The second kappa shape index (κ2) is 6.75. The van der Waals surface area contributed by atoms with Crippen molar-refractivity contribution in [1.82, 2.24) is 4.72 Å². The van der Waals surface area contributed by atoms with Crippen LogP contribution < -0.4 is 4.72 Å². The Morgan fingerprint density at radius 2 is 1.95 bits per heavy atom. The van der Waals surface area contributed by atoms with Gasteiger partial charge in [-0.1, -0.05) is 26.7 Å². The van der Waals surface area contributed by atoms with Gasteiger partial charge in [0.05, 0.1) is 9.37 Å². The van der Waals surface area contributed by atoms with Gasteiger partial charge in [0.15, 0.2) is 0 Å². The van der Waals surface area contributed by atoms with Crippen LogP contribution in [0.1, 0.15) is 39.5 Å². The first-order chi connectivity index (χ1) is 9.81. The van der Waals surface area contributed by atoms with Gasteiger partial charge in [-0.15, -0.1) is 0 Å². The average molecular weight is 378 g/mol. The van der Waals surface area contributed by atoms with Crippen LogP contribution in [0.25, 0.3) is 0 Å². The molecule has 1 fully saturated rings. The lowest BCUT2D eigenvalue weighted by atomic mass is 9.78. The van der Waals surface area contributed by atoms with Crippen LogP contribution >= 0.6 is 15.9 Å². The molecule has 0 radical (unpaired) electrons. The van der Waals surface area contributed by atoms with Crippen molar-refractivity contribution in [3.05, 3.63) is 28.5 Å². The minimum Gasteiger partial charge on any atom is -0.208 e. The third kappa shape index (κ3) is 4.05. The SMILES string of the molecule is CC(C)C1CCCCC1NS(=O)(=O)c1ccc(Br)c(F)c1. The molecule has 0 spiro atoms. The summed E-state index contributed by atoms with van der Waals surface area (Å²) in [6.45, 7) is 4.24. The van der Waals surface area contributed by atoms with E-state index in [-0.39, 0.29) is 15.4 Å². The van der Waals surface area contributed by atoms with Crippen LogP contribution in [0.5, 0.6) is 0 Å². The lowest BCUT2D eigenvalue weighted by Crippen LogP contribution is -2.43. The molecule has 0 aromatic heterocycles. The number of nitrogens with one attached hydrogen (secondary N) is 1. The highest BCUT2D eigenvalue weighted by Gasteiger charge is 2.31. The van der Waals surface area contributed by atoms with E-state index in [0.717, 1.165) is 31.7 Å². The predicted molar refractivity (Wildman–Crippen MR) is 85.0 cm³/mol. The van der Waals surface area contributed by atoms with Gasteiger partial charge in [-0.2, -0.15) is 0 Å². The Morgan fingerprint density at radius 1 is 1.29 bits per heavy atom. The van der Waals surface area contributed by atoms with Crippen LogP contribution in [0.2, 0.25) is 0 Å². The van der Waals surface area contributed by atoms with Gasteiger partial charge in [-0.3, -0.25) is 0 Å². The summed E-state index contributed by atoms with van der Waals surface area (Å²) >= 11 is 3.03. The number of benzene rings is 1. The molecule has 21 heavy (non-hydrogen) atoms. The molecule has 118 valence electrons. The Bertz CT molecular complexity index is 604. The zero-order chi connectivity index (χ0) is 15.6. The lowest BCUT2D eigenvalue weighted by Gasteiger charge is -2.34. The molecule has 1 aromatic carbocycles. The molecule has 1 aliphatic carbocycles. The molecule has 0 saturated heterocycles. The third-order valence-corrected chi connectivity index (χ3v) is 6.31.